The van der Waals surface area contributed by atoms with E-state index in [9.17, 15) is 4.79 Å². The number of hydrogen-bond donors (Lipinski definition) is 0. The van der Waals surface area contributed by atoms with Crippen LogP contribution in [0, 0.1) is 5.92 Å². The number of rotatable bonds is 8. The molecule has 1 aromatic heterocycles. The lowest BCUT2D eigenvalue weighted by atomic mass is 9.89. The van der Waals surface area contributed by atoms with E-state index in [4.69, 9.17) is 14.2 Å². The summed E-state index contributed by atoms with van der Waals surface area (Å²) in [5.41, 5.74) is 1.52. The molecule has 0 N–H and O–H groups in total. The van der Waals surface area contributed by atoms with Crippen molar-refractivity contribution in [1.82, 2.24) is 14.9 Å². The molecule has 1 spiro atoms. The number of benzene rings is 1. The van der Waals surface area contributed by atoms with Crippen LogP contribution in [0.3, 0.4) is 0 Å². The molecule has 9 nitrogen and oxygen atoms in total. The van der Waals surface area contributed by atoms with E-state index >= 15 is 0 Å². The third-order valence-corrected chi connectivity index (χ3v) is 7.86. The predicted molar refractivity (Wildman–Crippen MR) is 142 cm³/mol. The van der Waals surface area contributed by atoms with Gasteiger partial charge in [-0.3, -0.25) is 4.79 Å². The second kappa shape index (κ2) is 11.6. The largest absolute Gasteiger partial charge is 0.494 e. The molecule has 5 rings (SSSR count). The molecule has 0 bridgehead atoms. The van der Waals surface area contributed by atoms with Crippen molar-refractivity contribution in [2.75, 3.05) is 69.4 Å². The third-order valence-electron chi connectivity index (χ3n) is 7.86. The van der Waals surface area contributed by atoms with Crippen LogP contribution in [0.4, 0.5) is 11.4 Å². The monoisotopic (exact) mass is 509 g/mol. The SMILES string of the molecule is COc1ncc(N2CC3(CCN(c4ccc(OCCCN5CCC[C@H](C)C5)cc4)CC3)OCC2=O)cn1. The van der Waals surface area contributed by atoms with E-state index < -0.39 is 0 Å². The fraction of sp³-hybridized carbons (Fsp3) is 0.607. The minimum Gasteiger partial charge on any atom is -0.494 e. The summed E-state index contributed by atoms with van der Waals surface area (Å²) in [7, 11) is 1.52. The minimum atomic E-state index is -0.348. The van der Waals surface area contributed by atoms with Crippen LogP contribution in [0.25, 0.3) is 0 Å². The average Bonchev–Trinajstić information content (AvgIpc) is 2.94. The number of likely N-dealkylation sites (tertiary alicyclic amines) is 1. The number of nitrogens with zero attached hydrogens (tertiary/aromatic N) is 5. The molecule has 1 amide bonds. The van der Waals surface area contributed by atoms with Crippen molar-refractivity contribution in [2.24, 2.45) is 5.92 Å². The van der Waals surface area contributed by atoms with Gasteiger partial charge in [0.2, 0.25) is 0 Å². The molecule has 0 unspecified atom stereocenters. The van der Waals surface area contributed by atoms with Crippen molar-refractivity contribution >= 4 is 17.3 Å². The first-order valence-corrected chi connectivity index (χ1v) is 13.5. The molecule has 3 aliphatic rings. The maximum atomic E-state index is 12.6. The summed E-state index contributed by atoms with van der Waals surface area (Å²) < 4.78 is 17.2. The van der Waals surface area contributed by atoms with E-state index in [0.717, 1.165) is 57.2 Å². The Balaban J connectivity index is 1.09. The third kappa shape index (κ3) is 6.33. The van der Waals surface area contributed by atoms with E-state index in [0.29, 0.717) is 12.2 Å². The van der Waals surface area contributed by atoms with E-state index in [1.165, 1.54) is 38.7 Å². The van der Waals surface area contributed by atoms with Gasteiger partial charge >= 0.3 is 6.01 Å². The summed E-state index contributed by atoms with van der Waals surface area (Å²) in [5, 5.41) is 0. The minimum absolute atomic E-state index is 0.0668. The van der Waals surface area contributed by atoms with Crippen LogP contribution in [-0.2, 0) is 9.53 Å². The Labute approximate surface area is 219 Å². The van der Waals surface area contributed by atoms with E-state index in [1.54, 1.807) is 17.3 Å². The van der Waals surface area contributed by atoms with Gasteiger partial charge in [-0.05, 0) is 68.8 Å². The topological polar surface area (TPSA) is 80.3 Å². The number of ether oxygens (including phenoxy) is 3. The molecule has 4 heterocycles. The maximum Gasteiger partial charge on any atom is 0.316 e. The zero-order valence-electron chi connectivity index (χ0n) is 22.1. The van der Waals surface area contributed by atoms with Gasteiger partial charge in [-0.1, -0.05) is 6.92 Å². The number of anilines is 2. The molecule has 3 saturated heterocycles. The summed E-state index contributed by atoms with van der Waals surface area (Å²) in [6.45, 7) is 9.00. The van der Waals surface area contributed by atoms with Gasteiger partial charge in [0.05, 0.1) is 43.9 Å². The van der Waals surface area contributed by atoms with Crippen LogP contribution >= 0.6 is 0 Å². The molecule has 1 aromatic carbocycles. The van der Waals surface area contributed by atoms with Crippen LogP contribution in [0.2, 0.25) is 0 Å². The lowest BCUT2D eigenvalue weighted by molar-refractivity contribution is -0.141. The van der Waals surface area contributed by atoms with Crippen molar-refractivity contribution < 1.29 is 19.0 Å². The van der Waals surface area contributed by atoms with Crippen molar-refractivity contribution in [3.8, 4) is 11.8 Å². The van der Waals surface area contributed by atoms with Gasteiger partial charge in [-0.25, -0.2) is 9.97 Å². The molecule has 3 aliphatic heterocycles. The Morgan fingerprint density at radius 2 is 1.84 bits per heavy atom. The first-order chi connectivity index (χ1) is 18.0. The number of morpholine rings is 1. The van der Waals surface area contributed by atoms with E-state index in [2.05, 4.69) is 51.0 Å². The van der Waals surface area contributed by atoms with Gasteiger partial charge in [0.25, 0.3) is 5.91 Å². The van der Waals surface area contributed by atoms with Crippen molar-refractivity contribution in [1.29, 1.82) is 0 Å². The number of piperidine rings is 2. The van der Waals surface area contributed by atoms with Crippen LogP contribution in [0.1, 0.15) is 39.0 Å². The Morgan fingerprint density at radius 3 is 2.54 bits per heavy atom. The molecular weight excluding hydrogens is 470 g/mol. The summed E-state index contributed by atoms with van der Waals surface area (Å²) in [6.07, 6.45) is 8.71. The van der Waals surface area contributed by atoms with Gasteiger partial charge in [-0.15, -0.1) is 0 Å². The molecule has 0 radical (unpaired) electrons. The summed E-state index contributed by atoms with van der Waals surface area (Å²) in [5.74, 6) is 1.68. The summed E-state index contributed by atoms with van der Waals surface area (Å²) in [6, 6.07) is 8.72. The Bertz CT molecular complexity index is 1020. The normalized spacial score (nSPS) is 22.3. The van der Waals surface area contributed by atoms with Crippen molar-refractivity contribution in [2.45, 2.75) is 44.6 Å². The first kappa shape index (κ1) is 25.7. The molecule has 3 fully saturated rings. The van der Waals surface area contributed by atoms with Gasteiger partial charge in [0, 0.05) is 31.9 Å². The zero-order valence-corrected chi connectivity index (χ0v) is 22.1. The second-order valence-electron chi connectivity index (χ2n) is 10.6. The molecule has 9 heteroatoms. The highest BCUT2D eigenvalue weighted by Crippen LogP contribution is 2.34. The Hall–Kier alpha value is -2.91. The second-order valence-corrected chi connectivity index (χ2v) is 10.6. The van der Waals surface area contributed by atoms with Gasteiger partial charge in [0.15, 0.2) is 0 Å². The fourth-order valence-corrected chi connectivity index (χ4v) is 5.70. The quantitative estimate of drug-likeness (QED) is 0.501. The lowest BCUT2D eigenvalue weighted by Gasteiger charge is -2.47. The molecule has 0 saturated carbocycles. The molecule has 1 atom stereocenters. The molecule has 2 aromatic rings. The predicted octanol–water partition coefficient (Wildman–Crippen LogP) is 3.39. The highest BCUT2D eigenvalue weighted by atomic mass is 16.5. The Morgan fingerprint density at radius 1 is 1.08 bits per heavy atom. The van der Waals surface area contributed by atoms with E-state index in [-0.39, 0.29) is 24.1 Å². The number of carbonyl (C=O) groups is 1. The summed E-state index contributed by atoms with van der Waals surface area (Å²) in [4.78, 5) is 27.6. The van der Waals surface area contributed by atoms with Crippen molar-refractivity contribution in [3.05, 3.63) is 36.7 Å². The molecule has 37 heavy (non-hydrogen) atoms. The number of methoxy groups -OCH3 is 1. The van der Waals surface area contributed by atoms with Crippen LogP contribution in [0.5, 0.6) is 11.8 Å². The highest BCUT2D eigenvalue weighted by Gasteiger charge is 2.43. The van der Waals surface area contributed by atoms with Crippen LogP contribution in [-0.4, -0.2) is 86.0 Å². The highest BCUT2D eigenvalue weighted by molar-refractivity contribution is 5.94. The number of aromatic nitrogens is 2. The number of hydrogen-bond acceptors (Lipinski definition) is 8. The first-order valence-electron chi connectivity index (χ1n) is 13.5. The maximum absolute atomic E-state index is 12.6. The fourth-order valence-electron chi connectivity index (χ4n) is 5.70. The standard InChI is InChI=1S/C28H39N5O4/c1-22-5-3-12-31(19-22)13-4-16-36-25-8-6-23(7-9-25)32-14-10-28(11-15-32)21-33(26(34)20-37-28)24-17-29-27(35-2)30-18-24/h6-9,17-18,22H,3-5,10-16,19-21H2,1-2H3/t22-/m0/s1. The van der Waals surface area contributed by atoms with E-state index in [1.807, 2.05) is 0 Å². The van der Waals surface area contributed by atoms with Crippen LogP contribution < -0.4 is 19.3 Å². The molecule has 0 aliphatic carbocycles. The van der Waals surface area contributed by atoms with Gasteiger partial charge < -0.3 is 28.9 Å². The van der Waals surface area contributed by atoms with Crippen molar-refractivity contribution in [3.63, 3.8) is 0 Å². The molecular formula is C28H39N5O4. The number of carbonyl (C=O) groups excluding carboxylic acids is 1. The van der Waals surface area contributed by atoms with Gasteiger partial charge in [0.1, 0.15) is 12.4 Å². The van der Waals surface area contributed by atoms with Crippen LogP contribution in [0.15, 0.2) is 36.7 Å². The lowest BCUT2D eigenvalue weighted by Crippen LogP contribution is -2.59. The zero-order chi connectivity index (χ0) is 25.7. The number of amides is 1. The molecule has 200 valence electrons. The van der Waals surface area contributed by atoms with Gasteiger partial charge in [-0.2, -0.15) is 0 Å². The average molecular weight is 510 g/mol. The Kier molecular flexibility index (Phi) is 8.10. The summed E-state index contributed by atoms with van der Waals surface area (Å²) >= 11 is 0. The smallest absolute Gasteiger partial charge is 0.316 e.